The van der Waals surface area contributed by atoms with Gasteiger partial charge in [-0.05, 0) is 26.0 Å². The summed E-state index contributed by atoms with van der Waals surface area (Å²) in [5.41, 5.74) is 3.03. The van der Waals surface area contributed by atoms with E-state index in [1.807, 2.05) is 0 Å². The minimum Gasteiger partial charge on any atom is -0.492 e. The lowest BCUT2D eigenvalue weighted by molar-refractivity contribution is 0.277. The van der Waals surface area contributed by atoms with Crippen LogP contribution in [0, 0.1) is 6.92 Å². The predicted octanol–water partition coefficient (Wildman–Crippen LogP) is 1.62. The maximum absolute atomic E-state index is 5.75. The van der Waals surface area contributed by atoms with Crippen molar-refractivity contribution in [2.24, 2.45) is 0 Å². The number of ether oxygens (including phenoxy) is 1. The number of aryl methyl sites for hydroxylation is 1. The highest BCUT2D eigenvalue weighted by Crippen LogP contribution is 2.42. The lowest BCUT2D eigenvalue weighted by atomic mass is 9.81. The molecule has 2 nitrogen and oxygen atoms in total. The smallest absolute Gasteiger partial charge is 0.123 e. The molecule has 0 bridgehead atoms. The molecule has 14 heavy (non-hydrogen) atoms. The van der Waals surface area contributed by atoms with Crippen LogP contribution in [0.25, 0.3) is 0 Å². The van der Waals surface area contributed by atoms with Crippen molar-refractivity contribution in [2.75, 3.05) is 19.7 Å². The van der Waals surface area contributed by atoms with Crippen LogP contribution in [-0.2, 0) is 5.41 Å². The van der Waals surface area contributed by atoms with Crippen LogP contribution in [0.2, 0.25) is 0 Å². The van der Waals surface area contributed by atoms with Crippen LogP contribution >= 0.6 is 0 Å². The Morgan fingerprint density at radius 2 is 2.36 bits per heavy atom. The maximum Gasteiger partial charge on any atom is 0.123 e. The summed E-state index contributed by atoms with van der Waals surface area (Å²) in [6, 6.07) is 6.52. The van der Waals surface area contributed by atoms with Gasteiger partial charge < -0.3 is 10.1 Å². The van der Waals surface area contributed by atoms with E-state index in [2.05, 4.69) is 30.4 Å². The van der Waals surface area contributed by atoms with Crippen LogP contribution in [0.15, 0.2) is 18.2 Å². The fourth-order valence-electron chi connectivity index (χ4n) is 2.57. The Hall–Kier alpha value is -1.02. The summed E-state index contributed by atoms with van der Waals surface area (Å²) in [7, 11) is 0. The van der Waals surface area contributed by atoms with Crippen molar-refractivity contribution >= 4 is 0 Å². The topological polar surface area (TPSA) is 21.3 Å². The molecule has 1 aromatic rings. The Morgan fingerprint density at radius 1 is 1.43 bits per heavy atom. The van der Waals surface area contributed by atoms with Crippen molar-refractivity contribution in [3.05, 3.63) is 29.3 Å². The van der Waals surface area contributed by atoms with E-state index < -0.39 is 0 Å². The molecule has 0 radical (unpaired) electrons. The number of nitrogens with one attached hydrogen (secondary N) is 1. The molecular weight excluding hydrogens is 174 g/mol. The molecule has 1 aromatic carbocycles. The molecule has 2 aliphatic heterocycles. The van der Waals surface area contributed by atoms with Crippen molar-refractivity contribution in [3.8, 4) is 5.75 Å². The van der Waals surface area contributed by atoms with Gasteiger partial charge in [0.2, 0.25) is 0 Å². The number of hydrogen-bond donors (Lipinski definition) is 1. The fraction of sp³-hybridized carbons (Fsp3) is 0.500. The summed E-state index contributed by atoms with van der Waals surface area (Å²) in [5.74, 6) is 1.10. The van der Waals surface area contributed by atoms with E-state index in [4.69, 9.17) is 4.74 Å². The summed E-state index contributed by atoms with van der Waals surface area (Å²) >= 11 is 0. The van der Waals surface area contributed by atoms with Crippen molar-refractivity contribution < 1.29 is 4.74 Å². The van der Waals surface area contributed by atoms with Crippen LogP contribution in [-0.4, -0.2) is 19.7 Å². The molecule has 1 saturated heterocycles. The molecule has 1 atom stereocenters. The average molecular weight is 189 g/mol. The zero-order valence-electron chi connectivity index (χ0n) is 8.47. The van der Waals surface area contributed by atoms with E-state index in [0.717, 1.165) is 25.4 Å². The first-order valence-electron chi connectivity index (χ1n) is 5.25. The van der Waals surface area contributed by atoms with Crippen LogP contribution in [0.5, 0.6) is 5.75 Å². The average Bonchev–Trinajstić information content (AvgIpc) is 2.77. The summed E-state index contributed by atoms with van der Waals surface area (Å²) in [6.07, 6.45) is 1.21. The SMILES string of the molecule is Cc1ccc2c(c1)C1(CCNC1)CO2. The summed E-state index contributed by atoms with van der Waals surface area (Å²) in [5, 5.41) is 3.44. The first-order valence-corrected chi connectivity index (χ1v) is 5.25. The lowest BCUT2D eigenvalue weighted by Gasteiger charge is -2.20. The lowest BCUT2D eigenvalue weighted by Crippen LogP contribution is -2.30. The first kappa shape index (κ1) is 8.30. The van der Waals surface area contributed by atoms with Crippen LogP contribution < -0.4 is 10.1 Å². The third-order valence-corrected chi connectivity index (χ3v) is 3.45. The Kier molecular flexibility index (Phi) is 1.62. The van der Waals surface area contributed by atoms with Gasteiger partial charge in [-0.2, -0.15) is 0 Å². The molecule has 0 amide bonds. The van der Waals surface area contributed by atoms with Gasteiger partial charge in [-0.3, -0.25) is 0 Å². The molecule has 74 valence electrons. The Labute approximate surface area is 84.3 Å². The molecule has 2 heteroatoms. The molecule has 1 unspecified atom stereocenters. The van der Waals surface area contributed by atoms with Gasteiger partial charge in [-0.25, -0.2) is 0 Å². The number of fused-ring (bicyclic) bond motifs is 2. The van der Waals surface area contributed by atoms with Gasteiger partial charge >= 0.3 is 0 Å². The van der Waals surface area contributed by atoms with E-state index in [1.165, 1.54) is 17.5 Å². The van der Waals surface area contributed by atoms with Gasteiger partial charge in [-0.15, -0.1) is 0 Å². The van der Waals surface area contributed by atoms with Gasteiger partial charge in [-0.1, -0.05) is 17.7 Å². The van der Waals surface area contributed by atoms with Gasteiger partial charge in [0.15, 0.2) is 0 Å². The van der Waals surface area contributed by atoms with E-state index in [-0.39, 0.29) is 5.41 Å². The van der Waals surface area contributed by atoms with Gasteiger partial charge in [0.25, 0.3) is 0 Å². The third-order valence-electron chi connectivity index (χ3n) is 3.45. The van der Waals surface area contributed by atoms with E-state index in [1.54, 1.807) is 0 Å². The molecule has 2 heterocycles. The standard InChI is InChI=1S/C12H15NO/c1-9-2-3-11-10(6-9)12(8-14-11)4-5-13-7-12/h2-3,6,13H,4-5,7-8H2,1H3. The van der Waals surface area contributed by atoms with Crippen LogP contribution in [0.3, 0.4) is 0 Å². The summed E-state index contributed by atoms with van der Waals surface area (Å²) in [6.45, 7) is 5.20. The van der Waals surface area contributed by atoms with Gasteiger partial charge in [0.05, 0.1) is 6.61 Å². The molecule has 0 aliphatic carbocycles. The Morgan fingerprint density at radius 3 is 3.14 bits per heavy atom. The van der Waals surface area contributed by atoms with Crippen molar-refractivity contribution in [3.63, 3.8) is 0 Å². The number of hydrogen-bond acceptors (Lipinski definition) is 2. The molecular formula is C12H15NO. The summed E-state index contributed by atoms with van der Waals surface area (Å²) < 4.78 is 5.75. The zero-order valence-corrected chi connectivity index (χ0v) is 8.47. The summed E-state index contributed by atoms with van der Waals surface area (Å²) in [4.78, 5) is 0. The van der Waals surface area contributed by atoms with Crippen molar-refractivity contribution in [2.45, 2.75) is 18.8 Å². The second-order valence-corrected chi connectivity index (χ2v) is 4.50. The highest BCUT2D eigenvalue weighted by molar-refractivity contribution is 5.46. The third kappa shape index (κ3) is 1.01. The normalized spacial score (nSPS) is 29.2. The minimum atomic E-state index is 0.279. The molecule has 1 N–H and O–H groups in total. The predicted molar refractivity (Wildman–Crippen MR) is 55.8 cm³/mol. The Balaban J connectivity index is 2.12. The molecule has 3 rings (SSSR count). The van der Waals surface area contributed by atoms with E-state index in [0.29, 0.717) is 0 Å². The van der Waals surface area contributed by atoms with Crippen LogP contribution in [0.1, 0.15) is 17.5 Å². The molecule has 0 saturated carbocycles. The minimum absolute atomic E-state index is 0.279. The monoisotopic (exact) mass is 189 g/mol. The van der Waals surface area contributed by atoms with E-state index >= 15 is 0 Å². The Bertz CT molecular complexity index is 367. The molecule has 1 fully saturated rings. The van der Waals surface area contributed by atoms with Gasteiger partial charge in [0.1, 0.15) is 5.75 Å². The van der Waals surface area contributed by atoms with Crippen molar-refractivity contribution in [1.82, 2.24) is 5.32 Å². The second kappa shape index (κ2) is 2.74. The largest absolute Gasteiger partial charge is 0.492 e. The van der Waals surface area contributed by atoms with Gasteiger partial charge in [0, 0.05) is 17.5 Å². The first-order chi connectivity index (χ1) is 6.80. The molecule has 2 aliphatic rings. The van der Waals surface area contributed by atoms with Crippen molar-refractivity contribution in [1.29, 1.82) is 0 Å². The number of benzene rings is 1. The fourth-order valence-corrected chi connectivity index (χ4v) is 2.57. The number of rotatable bonds is 0. The second-order valence-electron chi connectivity index (χ2n) is 4.50. The zero-order chi connectivity index (χ0) is 9.60. The molecule has 1 spiro atoms. The van der Waals surface area contributed by atoms with E-state index in [9.17, 15) is 0 Å². The maximum atomic E-state index is 5.75. The quantitative estimate of drug-likeness (QED) is 0.669. The van der Waals surface area contributed by atoms with Crippen LogP contribution in [0.4, 0.5) is 0 Å². The highest BCUT2D eigenvalue weighted by Gasteiger charge is 2.42. The highest BCUT2D eigenvalue weighted by atomic mass is 16.5. The molecule has 0 aromatic heterocycles.